The SMILES string of the molecule is COc1cccc(/C=C(\C#N)C(=O)OCC(=O)Nc2ccc(F)c(F)c2F)c1. The van der Waals surface area contributed by atoms with Crippen molar-refractivity contribution in [2.24, 2.45) is 0 Å². The number of hydrogen-bond acceptors (Lipinski definition) is 5. The van der Waals surface area contributed by atoms with Crippen LogP contribution in [-0.4, -0.2) is 25.6 Å². The summed E-state index contributed by atoms with van der Waals surface area (Å²) < 4.78 is 49.2. The van der Waals surface area contributed by atoms with Crippen LogP contribution >= 0.6 is 0 Å². The third-order valence-electron chi connectivity index (χ3n) is 3.39. The average Bonchev–Trinajstić information content (AvgIpc) is 2.70. The summed E-state index contributed by atoms with van der Waals surface area (Å²) >= 11 is 0. The first-order valence-corrected chi connectivity index (χ1v) is 7.72. The second-order valence-electron chi connectivity index (χ2n) is 5.29. The van der Waals surface area contributed by atoms with Crippen molar-refractivity contribution in [1.29, 1.82) is 5.26 Å². The van der Waals surface area contributed by atoms with E-state index in [1.165, 1.54) is 13.2 Å². The molecule has 28 heavy (non-hydrogen) atoms. The van der Waals surface area contributed by atoms with E-state index in [4.69, 9.17) is 10.00 Å². The molecule has 0 spiro atoms. The van der Waals surface area contributed by atoms with E-state index in [1.54, 1.807) is 30.3 Å². The van der Waals surface area contributed by atoms with Gasteiger partial charge >= 0.3 is 5.97 Å². The maximum absolute atomic E-state index is 13.5. The van der Waals surface area contributed by atoms with Gasteiger partial charge in [-0.05, 0) is 35.9 Å². The lowest BCUT2D eigenvalue weighted by Gasteiger charge is -2.08. The molecule has 1 N–H and O–H groups in total. The second-order valence-corrected chi connectivity index (χ2v) is 5.29. The molecule has 0 atom stereocenters. The van der Waals surface area contributed by atoms with Gasteiger partial charge in [-0.25, -0.2) is 18.0 Å². The Bertz CT molecular complexity index is 984. The molecule has 0 bridgehead atoms. The molecular weight excluding hydrogens is 377 g/mol. The van der Waals surface area contributed by atoms with Crippen molar-refractivity contribution in [3.05, 3.63) is 65.0 Å². The van der Waals surface area contributed by atoms with Gasteiger partial charge in [0.2, 0.25) is 0 Å². The number of methoxy groups -OCH3 is 1. The second kappa shape index (κ2) is 9.23. The predicted molar refractivity (Wildman–Crippen MR) is 92.5 cm³/mol. The van der Waals surface area contributed by atoms with Gasteiger partial charge in [0.25, 0.3) is 5.91 Å². The summed E-state index contributed by atoms with van der Waals surface area (Å²) in [5.74, 6) is -6.34. The first kappa shape index (κ1) is 20.5. The molecule has 144 valence electrons. The maximum Gasteiger partial charge on any atom is 0.349 e. The Morgan fingerprint density at radius 3 is 2.61 bits per heavy atom. The van der Waals surface area contributed by atoms with Gasteiger partial charge in [0.1, 0.15) is 17.4 Å². The van der Waals surface area contributed by atoms with Crippen molar-refractivity contribution in [3.63, 3.8) is 0 Å². The molecule has 9 heteroatoms. The third-order valence-corrected chi connectivity index (χ3v) is 3.39. The number of halogens is 3. The lowest BCUT2D eigenvalue weighted by atomic mass is 10.1. The molecule has 0 heterocycles. The number of carbonyl (C=O) groups excluding carboxylic acids is 2. The molecule has 1 amide bonds. The Morgan fingerprint density at radius 1 is 1.18 bits per heavy atom. The van der Waals surface area contributed by atoms with Crippen molar-refractivity contribution < 1.29 is 32.2 Å². The van der Waals surface area contributed by atoms with Crippen LogP contribution in [0.4, 0.5) is 18.9 Å². The molecular formula is C19H13F3N2O4. The lowest BCUT2D eigenvalue weighted by Crippen LogP contribution is -2.22. The first-order chi connectivity index (χ1) is 13.3. The van der Waals surface area contributed by atoms with Crippen LogP contribution in [-0.2, 0) is 14.3 Å². The highest BCUT2D eigenvalue weighted by Gasteiger charge is 2.17. The van der Waals surface area contributed by atoms with Crippen LogP contribution in [0.3, 0.4) is 0 Å². The van der Waals surface area contributed by atoms with E-state index in [9.17, 15) is 22.8 Å². The Balaban J connectivity index is 2.01. The summed E-state index contributed by atoms with van der Waals surface area (Å²) in [4.78, 5) is 23.7. The van der Waals surface area contributed by atoms with Crippen LogP contribution in [0.1, 0.15) is 5.56 Å². The normalized spacial score (nSPS) is 10.8. The zero-order valence-electron chi connectivity index (χ0n) is 14.5. The third kappa shape index (κ3) is 5.11. The fourth-order valence-electron chi connectivity index (χ4n) is 2.05. The van der Waals surface area contributed by atoms with Gasteiger partial charge in [0.15, 0.2) is 24.1 Å². The number of amides is 1. The minimum Gasteiger partial charge on any atom is -0.497 e. The van der Waals surface area contributed by atoms with Crippen LogP contribution in [0, 0.1) is 28.8 Å². The molecule has 0 unspecified atom stereocenters. The van der Waals surface area contributed by atoms with Crippen LogP contribution in [0.2, 0.25) is 0 Å². The summed E-state index contributed by atoms with van der Waals surface area (Å²) in [7, 11) is 1.46. The van der Waals surface area contributed by atoms with Crippen LogP contribution in [0.5, 0.6) is 5.75 Å². The topological polar surface area (TPSA) is 88.4 Å². The monoisotopic (exact) mass is 390 g/mol. The number of nitriles is 1. The fourth-order valence-corrected chi connectivity index (χ4v) is 2.05. The summed E-state index contributed by atoms with van der Waals surface area (Å²) in [6.45, 7) is -0.867. The largest absolute Gasteiger partial charge is 0.497 e. The van der Waals surface area contributed by atoms with Crippen LogP contribution < -0.4 is 10.1 Å². The van der Waals surface area contributed by atoms with Crippen LogP contribution in [0.25, 0.3) is 6.08 Å². The maximum atomic E-state index is 13.5. The van der Waals surface area contributed by atoms with Gasteiger partial charge in [-0.2, -0.15) is 5.26 Å². The lowest BCUT2D eigenvalue weighted by molar-refractivity contribution is -0.142. The first-order valence-electron chi connectivity index (χ1n) is 7.72. The van der Waals surface area contributed by atoms with E-state index in [0.717, 1.165) is 6.07 Å². The number of anilines is 1. The van der Waals surface area contributed by atoms with E-state index >= 15 is 0 Å². The van der Waals surface area contributed by atoms with E-state index in [-0.39, 0.29) is 5.57 Å². The highest BCUT2D eigenvalue weighted by molar-refractivity contribution is 6.00. The van der Waals surface area contributed by atoms with Crippen molar-refractivity contribution in [2.75, 3.05) is 19.0 Å². The standard InChI is InChI=1S/C19H13F3N2O4/c1-27-13-4-2-3-11(8-13)7-12(9-23)19(26)28-10-16(25)24-15-6-5-14(20)17(21)18(15)22/h2-8H,10H2,1H3,(H,24,25)/b12-7+. The summed E-state index contributed by atoms with van der Waals surface area (Å²) in [5, 5.41) is 11.0. The van der Waals surface area contributed by atoms with E-state index in [2.05, 4.69) is 4.74 Å². The molecule has 0 fully saturated rings. The Hall–Kier alpha value is -3.80. The fraction of sp³-hybridized carbons (Fsp3) is 0.105. The van der Waals surface area contributed by atoms with E-state index in [0.29, 0.717) is 17.4 Å². The molecule has 2 aromatic carbocycles. The Labute approximate surface area is 157 Å². The number of ether oxygens (including phenoxy) is 2. The Kier molecular flexibility index (Phi) is 6.76. The number of esters is 1. The molecule has 2 aromatic rings. The highest BCUT2D eigenvalue weighted by Crippen LogP contribution is 2.19. The van der Waals surface area contributed by atoms with E-state index in [1.807, 2.05) is 5.32 Å². The molecule has 2 rings (SSSR count). The molecule has 0 aliphatic rings. The summed E-state index contributed by atoms with van der Waals surface area (Å²) in [6, 6.07) is 9.60. The summed E-state index contributed by atoms with van der Waals surface area (Å²) in [5.41, 5.74) is -0.520. The zero-order valence-corrected chi connectivity index (χ0v) is 14.5. The minimum absolute atomic E-state index is 0.389. The van der Waals surface area contributed by atoms with Crippen molar-refractivity contribution in [1.82, 2.24) is 0 Å². The van der Waals surface area contributed by atoms with Gasteiger partial charge in [0.05, 0.1) is 12.8 Å². The van der Waals surface area contributed by atoms with Gasteiger partial charge in [0, 0.05) is 0 Å². The number of nitrogens with one attached hydrogen (secondary N) is 1. The average molecular weight is 390 g/mol. The molecule has 0 radical (unpaired) electrons. The Morgan fingerprint density at radius 2 is 1.93 bits per heavy atom. The molecule has 0 aliphatic heterocycles. The van der Waals surface area contributed by atoms with Gasteiger partial charge in [-0.15, -0.1) is 0 Å². The minimum atomic E-state index is -1.75. The van der Waals surface area contributed by atoms with Crippen molar-refractivity contribution in [3.8, 4) is 11.8 Å². The van der Waals surface area contributed by atoms with Crippen molar-refractivity contribution in [2.45, 2.75) is 0 Å². The molecule has 0 saturated heterocycles. The quantitative estimate of drug-likeness (QED) is 0.354. The van der Waals surface area contributed by atoms with Gasteiger partial charge in [-0.1, -0.05) is 12.1 Å². The molecule has 0 aromatic heterocycles. The number of carbonyl (C=O) groups is 2. The molecule has 0 saturated carbocycles. The number of rotatable bonds is 6. The van der Waals surface area contributed by atoms with Gasteiger partial charge in [-0.3, -0.25) is 4.79 Å². The van der Waals surface area contributed by atoms with Crippen molar-refractivity contribution >= 4 is 23.6 Å². The highest BCUT2D eigenvalue weighted by atomic mass is 19.2. The number of benzene rings is 2. The van der Waals surface area contributed by atoms with E-state index < -0.39 is 41.6 Å². The number of nitrogens with zero attached hydrogens (tertiary/aromatic N) is 1. The summed E-state index contributed by atoms with van der Waals surface area (Å²) in [6.07, 6.45) is 1.23. The molecule has 6 nitrogen and oxygen atoms in total. The number of hydrogen-bond donors (Lipinski definition) is 1. The smallest absolute Gasteiger partial charge is 0.349 e. The predicted octanol–water partition coefficient (Wildman–Crippen LogP) is 3.20. The zero-order chi connectivity index (χ0) is 20.7. The van der Waals surface area contributed by atoms with Crippen LogP contribution in [0.15, 0.2) is 42.0 Å². The molecule has 0 aliphatic carbocycles. The van der Waals surface area contributed by atoms with Gasteiger partial charge < -0.3 is 14.8 Å².